The van der Waals surface area contributed by atoms with Crippen molar-refractivity contribution >= 4 is 29.1 Å². The highest BCUT2D eigenvalue weighted by atomic mass is 16.7. The first kappa shape index (κ1) is 16.9. The number of fused-ring (bicyclic) bond motifs is 2. The van der Waals surface area contributed by atoms with Gasteiger partial charge in [-0.25, -0.2) is 0 Å². The molecule has 4 rings (SSSR count). The van der Waals surface area contributed by atoms with Crippen molar-refractivity contribution in [1.29, 1.82) is 0 Å². The summed E-state index contributed by atoms with van der Waals surface area (Å²) in [4.78, 5) is 39.7. The molecule has 138 valence electrons. The second-order valence-corrected chi connectivity index (χ2v) is 6.05. The van der Waals surface area contributed by atoms with Gasteiger partial charge in [-0.3, -0.25) is 19.3 Å². The van der Waals surface area contributed by atoms with Gasteiger partial charge in [0.1, 0.15) is 0 Å². The number of carbonyl (C=O) groups excluding carboxylic acids is 3. The van der Waals surface area contributed by atoms with E-state index in [9.17, 15) is 14.4 Å². The number of para-hydroxylation sites is 2. The van der Waals surface area contributed by atoms with Crippen LogP contribution in [0.25, 0.3) is 0 Å². The average Bonchev–Trinajstić information content (AvgIpc) is 3.14. The summed E-state index contributed by atoms with van der Waals surface area (Å²) in [6, 6.07) is 10.3. The Hall–Kier alpha value is -3.55. The molecule has 0 saturated heterocycles. The van der Waals surface area contributed by atoms with Crippen molar-refractivity contribution in [2.24, 2.45) is 0 Å². The number of likely N-dealkylation sites (N-methyl/N-ethyl adjacent to an activating group) is 1. The van der Waals surface area contributed by atoms with Gasteiger partial charge in [0.2, 0.25) is 6.79 Å². The van der Waals surface area contributed by atoms with Crippen LogP contribution in [0, 0.1) is 0 Å². The molecule has 2 aliphatic rings. The second kappa shape index (κ2) is 6.64. The maximum atomic E-state index is 13.3. The molecule has 0 aliphatic carbocycles. The standard InChI is InChI=1S/C19H17N3O5/c1-2-20-17(23)16-18(24)21-12-5-3-4-6-13(12)22(16)19(25)11-7-8-14-15(9-11)27-10-26-14/h3-9,16H,2,10H2,1H3,(H,20,23)(H,21,24). The number of hydrogen-bond donors (Lipinski definition) is 2. The van der Waals surface area contributed by atoms with Crippen molar-refractivity contribution in [3.63, 3.8) is 0 Å². The second-order valence-electron chi connectivity index (χ2n) is 6.05. The Morgan fingerprint density at radius 1 is 1.19 bits per heavy atom. The van der Waals surface area contributed by atoms with E-state index in [0.717, 1.165) is 0 Å². The van der Waals surface area contributed by atoms with Crippen molar-refractivity contribution in [3.05, 3.63) is 48.0 Å². The fourth-order valence-electron chi connectivity index (χ4n) is 3.15. The van der Waals surface area contributed by atoms with Gasteiger partial charge in [0.05, 0.1) is 11.4 Å². The van der Waals surface area contributed by atoms with Crippen LogP contribution in [-0.4, -0.2) is 37.1 Å². The molecule has 0 radical (unpaired) electrons. The van der Waals surface area contributed by atoms with Gasteiger partial charge >= 0.3 is 0 Å². The van der Waals surface area contributed by atoms with Gasteiger partial charge in [0, 0.05) is 12.1 Å². The van der Waals surface area contributed by atoms with Crippen LogP contribution in [0.3, 0.4) is 0 Å². The molecular formula is C19H17N3O5. The van der Waals surface area contributed by atoms with Gasteiger partial charge < -0.3 is 20.1 Å². The molecule has 8 nitrogen and oxygen atoms in total. The molecule has 0 saturated carbocycles. The summed E-state index contributed by atoms with van der Waals surface area (Å²) in [7, 11) is 0. The van der Waals surface area contributed by atoms with E-state index in [2.05, 4.69) is 10.6 Å². The van der Waals surface area contributed by atoms with E-state index in [0.29, 0.717) is 29.4 Å². The third kappa shape index (κ3) is 2.84. The number of anilines is 2. The normalized spacial score (nSPS) is 17.1. The Morgan fingerprint density at radius 3 is 2.78 bits per heavy atom. The first-order valence-electron chi connectivity index (χ1n) is 8.51. The quantitative estimate of drug-likeness (QED) is 0.802. The van der Waals surface area contributed by atoms with Crippen LogP contribution in [0.4, 0.5) is 11.4 Å². The number of hydrogen-bond acceptors (Lipinski definition) is 5. The molecule has 2 aromatic rings. The number of nitrogens with one attached hydrogen (secondary N) is 2. The molecule has 2 aromatic carbocycles. The number of amides is 3. The summed E-state index contributed by atoms with van der Waals surface area (Å²) >= 11 is 0. The first-order valence-corrected chi connectivity index (χ1v) is 8.51. The van der Waals surface area contributed by atoms with Gasteiger partial charge in [-0.2, -0.15) is 0 Å². The van der Waals surface area contributed by atoms with Gasteiger partial charge in [-0.15, -0.1) is 0 Å². The number of ether oxygens (including phenoxy) is 2. The van der Waals surface area contributed by atoms with Crippen molar-refractivity contribution in [2.75, 3.05) is 23.6 Å². The van der Waals surface area contributed by atoms with Crippen LogP contribution in [0.2, 0.25) is 0 Å². The fraction of sp³-hybridized carbons (Fsp3) is 0.211. The van der Waals surface area contributed by atoms with E-state index in [1.807, 2.05) is 0 Å². The van der Waals surface area contributed by atoms with E-state index < -0.39 is 23.8 Å². The lowest BCUT2D eigenvalue weighted by Crippen LogP contribution is -2.58. The molecule has 1 atom stereocenters. The van der Waals surface area contributed by atoms with E-state index >= 15 is 0 Å². The lowest BCUT2D eigenvalue weighted by Gasteiger charge is -2.35. The van der Waals surface area contributed by atoms with Crippen LogP contribution < -0.4 is 25.0 Å². The number of nitrogens with zero attached hydrogens (tertiary/aromatic N) is 1. The van der Waals surface area contributed by atoms with E-state index in [1.54, 1.807) is 49.4 Å². The van der Waals surface area contributed by atoms with Crippen molar-refractivity contribution in [3.8, 4) is 11.5 Å². The Kier molecular flexibility index (Phi) is 4.15. The van der Waals surface area contributed by atoms with Crippen molar-refractivity contribution in [1.82, 2.24) is 5.32 Å². The van der Waals surface area contributed by atoms with Gasteiger partial charge in [-0.05, 0) is 37.3 Å². The summed E-state index contributed by atoms with van der Waals surface area (Å²) < 4.78 is 10.6. The lowest BCUT2D eigenvalue weighted by molar-refractivity contribution is -0.128. The summed E-state index contributed by atoms with van der Waals surface area (Å²) in [5, 5.41) is 5.31. The zero-order valence-electron chi connectivity index (χ0n) is 14.5. The molecule has 0 aromatic heterocycles. The average molecular weight is 367 g/mol. The van der Waals surface area contributed by atoms with Gasteiger partial charge in [0.25, 0.3) is 17.7 Å². The molecule has 3 amide bonds. The molecule has 8 heteroatoms. The van der Waals surface area contributed by atoms with Crippen molar-refractivity contribution < 1.29 is 23.9 Å². The fourth-order valence-corrected chi connectivity index (χ4v) is 3.15. The minimum Gasteiger partial charge on any atom is -0.454 e. The minimum atomic E-state index is -1.31. The smallest absolute Gasteiger partial charge is 0.259 e. The largest absolute Gasteiger partial charge is 0.454 e. The third-order valence-corrected chi connectivity index (χ3v) is 4.37. The van der Waals surface area contributed by atoms with Crippen LogP contribution in [-0.2, 0) is 9.59 Å². The highest BCUT2D eigenvalue weighted by Crippen LogP contribution is 2.36. The zero-order valence-corrected chi connectivity index (χ0v) is 14.5. The highest BCUT2D eigenvalue weighted by molar-refractivity contribution is 6.24. The molecular weight excluding hydrogens is 350 g/mol. The zero-order chi connectivity index (χ0) is 19.0. The van der Waals surface area contributed by atoms with E-state index in [4.69, 9.17) is 9.47 Å². The Bertz CT molecular complexity index is 943. The van der Waals surface area contributed by atoms with Crippen LogP contribution in [0.15, 0.2) is 42.5 Å². The Morgan fingerprint density at radius 2 is 1.96 bits per heavy atom. The Labute approximate surface area is 155 Å². The predicted molar refractivity (Wildman–Crippen MR) is 96.9 cm³/mol. The maximum absolute atomic E-state index is 13.3. The molecule has 2 N–H and O–H groups in total. The Balaban J connectivity index is 1.79. The molecule has 2 aliphatic heterocycles. The highest BCUT2D eigenvalue weighted by Gasteiger charge is 2.42. The maximum Gasteiger partial charge on any atom is 0.259 e. The SMILES string of the molecule is CCNC(=O)C1C(=O)Nc2ccccc2N1C(=O)c1ccc2c(c1)OCO2. The summed E-state index contributed by atoms with van der Waals surface area (Å²) in [6.07, 6.45) is 0. The van der Waals surface area contributed by atoms with Crippen LogP contribution >= 0.6 is 0 Å². The minimum absolute atomic E-state index is 0.0868. The lowest BCUT2D eigenvalue weighted by atomic mass is 10.0. The van der Waals surface area contributed by atoms with E-state index in [-0.39, 0.29) is 12.4 Å². The third-order valence-electron chi connectivity index (χ3n) is 4.37. The molecule has 27 heavy (non-hydrogen) atoms. The first-order chi connectivity index (χ1) is 13.1. The van der Waals surface area contributed by atoms with Crippen LogP contribution in [0.1, 0.15) is 17.3 Å². The molecule has 2 heterocycles. The van der Waals surface area contributed by atoms with Gasteiger partial charge in [-0.1, -0.05) is 12.1 Å². The summed E-state index contributed by atoms with van der Waals surface area (Å²) in [6.45, 7) is 2.18. The number of benzene rings is 2. The molecule has 0 spiro atoms. The topological polar surface area (TPSA) is 97.0 Å². The van der Waals surface area contributed by atoms with Crippen LogP contribution in [0.5, 0.6) is 11.5 Å². The molecule has 0 bridgehead atoms. The van der Waals surface area contributed by atoms with Gasteiger partial charge in [0.15, 0.2) is 17.5 Å². The molecule has 1 unspecified atom stereocenters. The van der Waals surface area contributed by atoms with Crippen molar-refractivity contribution in [2.45, 2.75) is 13.0 Å². The predicted octanol–water partition coefficient (Wildman–Crippen LogP) is 1.52. The monoisotopic (exact) mass is 367 g/mol. The summed E-state index contributed by atoms with van der Waals surface area (Å²) in [5.74, 6) is -0.590. The summed E-state index contributed by atoms with van der Waals surface area (Å²) in [5.41, 5.74) is 1.21. The van der Waals surface area contributed by atoms with E-state index in [1.165, 1.54) is 4.90 Å². The number of rotatable bonds is 3. The number of carbonyl (C=O) groups is 3. The molecule has 0 fully saturated rings.